The molecule has 0 saturated carbocycles. The molecule has 1 amide bonds. The molecule has 0 radical (unpaired) electrons. The molecular weight excluding hydrogens is 449 g/mol. The van der Waals surface area contributed by atoms with Crippen molar-refractivity contribution in [1.29, 1.82) is 0 Å². The van der Waals surface area contributed by atoms with Crippen LogP contribution < -0.4 is 4.46 Å². The molecule has 1 atom stereocenters. The van der Waals surface area contributed by atoms with E-state index in [1.54, 1.807) is 0 Å². The van der Waals surface area contributed by atoms with Crippen LogP contribution in [0.4, 0.5) is 0 Å². The first kappa shape index (κ1) is 14.3. The quantitative estimate of drug-likeness (QED) is 0.622. The molecule has 0 bridgehead atoms. The van der Waals surface area contributed by atoms with E-state index in [0.717, 1.165) is 15.6 Å². The molecule has 1 aliphatic rings. The number of carbonyl (C=O) groups is 1. The Hall–Kier alpha value is -0.611. The first-order valence-corrected chi connectivity index (χ1v) is 15.9. The summed E-state index contributed by atoms with van der Waals surface area (Å²) >= 11 is 7.65. The second-order valence-corrected chi connectivity index (χ2v) is 22.5. The van der Waals surface area contributed by atoms with Gasteiger partial charge in [-0.2, -0.15) is 0 Å². The van der Waals surface area contributed by atoms with Crippen LogP contribution in [0.25, 0.3) is 0 Å². The van der Waals surface area contributed by atoms with Gasteiger partial charge in [-0.15, -0.1) is 0 Å². The van der Waals surface area contributed by atoms with Crippen LogP contribution in [0.5, 0.6) is 0 Å². The summed E-state index contributed by atoms with van der Waals surface area (Å²) < 4.78 is 3.09. The molecule has 0 saturated heterocycles. The van der Waals surface area contributed by atoms with E-state index in [1.165, 1.54) is 0 Å². The van der Waals surface area contributed by atoms with Gasteiger partial charge in [0.2, 0.25) is 0 Å². The number of fused-ring (bicyclic) bond motifs is 1. The second-order valence-electron chi connectivity index (χ2n) is 4.66. The fraction of sp³-hybridized carbons (Fsp3) is 0.133. The number of halogens is 2. The number of rotatable bonds is 2. The van der Waals surface area contributed by atoms with Crippen LogP contribution in [0.1, 0.15) is 28.9 Å². The third kappa shape index (κ3) is 2.17. The van der Waals surface area contributed by atoms with Gasteiger partial charge in [-0.05, 0) is 0 Å². The van der Waals surface area contributed by atoms with Crippen LogP contribution in [0.3, 0.4) is 0 Å². The molecule has 0 fully saturated rings. The molecule has 1 unspecified atom stereocenters. The van der Waals surface area contributed by atoms with Crippen molar-refractivity contribution < 1.29 is 4.79 Å². The summed E-state index contributed by atoms with van der Waals surface area (Å²) in [6.45, 7) is 2.08. The standard InChI is InChI=1S/C15H13Br2NOSe/c1-11(12-7-3-2-4-8-12)18-15(19)13-9-5-6-10-14(13)20(18,16)17/h2-11H,1H3. The van der Waals surface area contributed by atoms with Crippen LogP contribution >= 0.6 is 28.2 Å². The molecular formula is C15H13Br2NOSe. The van der Waals surface area contributed by atoms with Crippen molar-refractivity contribution in [3.05, 3.63) is 65.7 Å². The second kappa shape index (κ2) is 5.30. The van der Waals surface area contributed by atoms with Crippen molar-refractivity contribution >= 4 is 48.0 Å². The zero-order valence-corrected chi connectivity index (χ0v) is 15.7. The van der Waals surface area contributed by atoms with Crippen molar-refractivity contribution in [2.45, 2.75) is 13.0 Å². The Balaban J connectivity index is 2.06. The molecule has 0 aliphatic carbocycles. The molecule has 20 heavy (non-hydrogen) atoms. The Kier molecular flexibility index (Phi) is 3.80. The van der Waals surface area contributed by atoms with E-state index in [0.29, 0.717) is 0 Å². The van der Waals surface area contributed by atoms with Crippen molar-refractivity contribution in [2.24, 2.45) is 0 Å². The minimum atomic E-state index is -2.50. The van der Waals surface area contributed by atoms with Gasteiger partial charge >= 0.3 is 135 Å². The van der Waals surface area contributed by atoms with E-state index < -0.39 is 9.45 Å². The zero-order valence-electron chi connectivity index (χ0n) is 10.8. The van der Waals surface area contributed by atoms with Gasteiger partial charge in [0.1, 0.15) is 0 Å². The van der Waals surface area contributed by atoms with E-state index in [9.17, 15) is 4.79 Å². The van der Waals surface area contributed by atoms with Gasteiger partial charge in [0.05, 0.1) is 0 Å². The molecule has 0 N–H and O–H groups in total. The van der Waals surface area contributed by atoms with Crippen LogP contribution in [-0.4, -0.2) is 19.3 Å². The van der Waals surface area contributed by atoms with Crippen LogP contribution in [0, 0.1) is 0 Å². The number of amides is 1. The number of benzene rings is 2. The molecule has 3 rings (SSSR count). The summed E-state index contributed by atoms with van der Waals surface area (Å²) in [5.41, 5.74) is 1.96. The third-order valence-electron chi connectivity index (χ3n) is 3.46. The van der Waals surface area contributed by atoms with E-state index in [-0.39, 0.29) is 11.9 Å². The van der Waals surface area contributed by atoms with Gasteiger partial charge in [-0.25, -0.2) is 0 Å². The maximum atomic E-state index is 12.7. The van der Waals surface area contributed by atoms with Gasteiger partial charge in [0.15, 0.2) is 0 Å². The molecule has 0 aromatic heterocycles. The first-order chi connectivity index (χ1) is 9.53. The van der Waals surface area contributed by atoms with E-state index in [2.05, 4.69) is 47.3 Å². The summed E-state index contributed by atoms with van der Waals surface area (Å²) in [7, 11) is -2.50. The third-order valence-corrected chi connectivity index (χ3v) is 14.2. The van der Waals surface area contributed by atoms with Gasteiger partial charge in [0, 0.05) is 0 Å². The Morgan fingerprint density at radius 1 is 1.00 bits per heavy atom. The number of hydrogen-bond acceptors (Lipinski definition) is 1. The minimum absolute atomic E-state index is 0.0369. The van der Waals surface area contributed by atoms with Crippen molar-refractivity contribution in [3.63, 3.8) is 0 Å². The zero-order chi connectivity index (χ0) is 14.3. The SMILES string of the molecule is CC(c1ccccc1)N1C(=O)c2ccccc2[Se]1(Br)Br. The molecule has 0 spiro atoms. The Morgan fingerprint density at radius 2 is 1.60 bits per heavy atom. The van der Waals surface area contributed by atoms with Gasteiger partial charge in [-0.3, -0.25) is 0 Å². The molecule has 5 heteroatoms. The first-order valence-electron chi connectivity index (χ1n) is 6.24. The Morgan fingerprint density at radius 3 is 2.25 bits per heavy atom. The fourth-order valence-electron chi connectivity index (χ4n) is 2.43. The van der Waals surface area contributed by atoms with E-state index in [4.69, 9.17) is 0 Å². The van der Waals surface area contributed by atoms with Crippen LogP contribution in [0.15, 0.2) is 54.6 Å². The molecule has 2 aromatic rings. The average molecular weight is 462 g/mol. The van der Waals surface area contributed by atoms with Crippen molar-refractivity contribution in [2.75, 3.05) is 0 Å². The fourth-order valence-corrected chi connectivity index (χ4v) is 12.9. The number of carbonyl (C=O) groups excluding carboxylic acids is 1. The maximum absolute atomic E-state index is 12.7. The molecule has 1 aliphatic heterocycles. The average Bonchev–Trinajstić information content (AvgIpc) is 2.67. The summed E-state index contributed by atoms with van der Waals surface area (Å²) in [5.74, 6) is 0.103. The summed E-state index contributed by atoms with van der Waals surface area (Å²) in [4.78, 5) is 12.7. The van der Waals surface area contributed by atoms with Crippen LogP contribution in [0.2, 0.25) is 0 Å². The predicted molar refractivity (Wildman–Crippen MR) is 90.7 cm³/mol. The van der Waals surface area contributed by atoms with Gasteiger partial charge in [-0.1, -0.05) is 0 Å². The number of hydrogen-bond donors (Lipinski definition) is 0. The van der Waals surface area contributed by atoms with Crippen molar-refractivity contribution in [1.82, 2.24) is 3.92 Å². The normalized spacial score (nSPS) is 19.6. The summed E-state index contributed by atoms with van der Waals surface area (Å²) in [5, 5.41) is 0. The predicted octanol–water partition coefficient (Wildman–Crippen LogP) is 3.84. The molecule has 2 nitrogen and oxygen atoms in total. The Bertz CT molecular complexity index is 660. The molecule has 104 valence electrons. The number of nitrogens with zero attached hydrogens (tertiary/aromatic N) is 1. The molecule has 2 aromatic carbocycles. The summed E-state index contributed by atoms with van der Waals surface area (Å²) in [6, 6.07) is 18.0. The molecule has 1 heterocycles. The van der Waals surface area contributed by atoms with Gasteiger partial charge < -0.3 is 0 Å². The monoisotopic (exact) mass is 461 g/mol. The van der Waals surface area contributed by atoms with Crippen LogP contribution in [-0.2, 0) is 0 Å². The summed E-state index contributed by atoms with van der Waals surface area (Å²) in [6.07, 6.45) is 0. The Labute approximate surface area is 135 Å². The van der Waals surface area contributed by atoms with E-state index in [1.807, 2.05) is 46.4 Å². The van der Waals surface area contributed by atoms with Crippen molar-refractivity contribution in [3.8, 4) is 0 Å². The topological polar surface area (TPSA) is 20.3 Å². The van der Waals surface area contributed by atoms with E-state index >= 15 is 0 Å². The van der Waals surface area contributed by atoms with Gasteiger partial charge in [0.25, 0.3) is 0 Å².